The quantitative estimate of drug-likeness (QED) is 0.866. The van der Waals surface area contributed by atoms with Crippen molar-refractivity contribution < 1.29 is 0 Å². The summed E-state index contributed by atoms with van der Waals surface area (Å²) in [6.07, 6.45) is 4.45. The van der Waals surface area contributed by atoms with Crippen LogP contribution in [0.25, 0.3) is 0 Å². The lowest BCUT2D eigenvalue weighted by atomic mass is 10.2. The molecule has 0 bridgehead atoms. The highest BCUT2D eigenvalue weighted by atomic mass is 35.5. The maximum absolute atomic E-state index is 6.09. The molecular formula is C14H17ClN4. The molecule has 2 N–H and O–H groups in total. The molecule has 1 aromatic carbocycles. The van der Waals surface area contributed by atoms with Gasteiger partial charge in [0.1, 0.15) is 5.82 Å². The van der Waals surface area contributed by atoms with Gasteiger partial charge in [0.2, 0.25) is 0 Å². The van der Waals surface area contributed by atoms with Crippen molar-refractivity contribution >= 4 is 28.9 Å². The van der Waals surface area contributed by atoms with Crippen LogP contribution in [-0.4, -0.2) is 16.5 Å². The normalized spacial score (nSPS) is 10.3. The Hall–Kier alpha value is -1.81. The number of benzene rings is 1. The first-order valence-corrected chi connectivity index (χ1v) is 6.66. The van der Waals surface area contributed by atoms with Crippen LogP contribution in [0.15, 0.2) is 30.6 Å². The molecule has 4 nitrogen and oxygen atoms in total. The average Bonchev–Trinajstić information content (AvgIpc) is 2.41. The first-order chi connectivity index (χ1) is 9.19. The van der Waals surface area contributed by atoms with Gasteiger partial charge in [0.05, 0.1) is 12.4 Å². The van der Waals surface area contributed by atoms with Crippen LogP contribution in [0.5, 0.6) is 0 Å². The summed E-state index contributed by atoms with van der Waals surface area (Å²) in [5.74, 6) is 1.46. The number of rotatable bonds is 5. The summed E-state index contributed by atoms with van der Waals surface area (Å²) in [4.78, 5) is 8.58. The summed E-state index contributed by atoms with van der Waals surface area (Å²) in [6.45, 7) is 4.96. The number of nitrogens with one attached hydrogen (secondary N) is 2. The minimum absolute atomic E-state index is 0.695. The van der Waals surface area contributed by atoms with E-state index in [0.717, 1.165) is 35.1 Å². The van der Waals surface area contributed by atoms with Crippen molar-refractivity contribution in [3.63, 3.8) is 0 Å². The first-order valence-electron chi connectivity index (χ1n) is 6.28. The zero-order valence-corrected chi connectivity index (χ0v) is 11.8. The molecule has 0 atom stereocenters. The van der Waals surface area contributed by atoms with E-state index < -0.39 is 0 Å². The molecule has 0 saturated carbocycles. The van der Waals surface area contributed by atoms with Crippen molar-refractivity contribution in [2.45, 2.75) is 20.3 Å². The molecule has 19 heavy (non-hydrogen) atoms. The Morgan fingerprint density at radius 3 is 2.74 bits per heavy atom. The number of halogens is 1. The second kappa shape index (κ2) is 6.38. The number of nitrogens with zero attached hydrogens (tertiary/aromatic N) is 2. The lowest BCUT2D eigenvalue weighted by molar-refractivity contribution is 0.965. The van der Waals surface area contributed by atoms with E-state index in [2.05, 4.69) is 27.5 Å². The highest BCUT2D eigenvalue weighted by Crippen LogP contribution is 2.22. The lowest BCUT2D eigenvalue weighted by Gasteiger charge is -2.09. The Bertz CT molecular complexity index is 557. The second-order valence-electron chi connectivity index (χ2n) is 4.31. The Kier molecular flexibility index (Phi) is 4.58. The molecule has 0 radical (unpaired) electrons. The number of anilines is 3. The highest BCUT2D eigenvalue weighted by Gasteiger charge is 2.01. The van der Waals surface area contributed by atoms with Crippen molar-refractivity contribution in [2.75, 3.05) is 17.2 Å². The van der Waals surface area contributed by atoms with Gasteiger partial charge >= 0.3 is 0 Å². The van der Waals surface area contributed by atoms with E-state index >= 15 is 0 Å². The second-order valence-corrected chi connectivity index (χ2v) is 4.71. The third kappa shape index (κ3) is 3.83. The monoisotopic (exact) mass is 276 g/mol. The molecule has 0 saturated heterocycles. The first kappa shape index (κ1) is 13.6. The molecule has 0 aliphatic rings. The average molecular weight is 277 g/mol. The van der Waals surface area contributed by atoms with Gasteiger partial charge in [0.25, 0.3) is 0 Å². The van der Waals surface area contributed by atoms with Crippen LogP contribution in [0.2, 0.25) is 5.02 Å². The smallest absolute Gasteiger partial charge is 0.151 e. The largest absolute Gasteiger partial charge is 0.369 e. The predicted octanol–water partition coefficient (Wildman–Crippen LogP) is 4.00. The van der Waals surface area contributed by atoms with Crippen LogP contribution < -0.4 is 10.6 Å². The third-order valence-corrected chi connectivity index (χ3v) is 3.04. The van der Waals surface area contributed by atoms with Crippen molar-refractivity contribution in [1.29, 1.82) is 0 Å². The van der Waals surface area contributed by atoms with Gasteiger partial charge < -0.3 is 10.6 Å². The molecule has 0 aliphatic heterocycles. The van der Waals surface area contributed by atoms with Crippen LogP contribution in [0.1, 0.15) is 18.9 Å². The highest BCUT2D eigenvalue weighted by molar-refractivity contribution is 6.31. The minimum Gasteiger partial charge on any atom is -0.369 e. The molecule has 0 unspecified atom stereocenters. The number of hydrogen-bond donors (Lipinski definition) is 2. The van der Waals surface area contributed by atoms with E-state index in [0.29, 0.717) is 5.82 Å². The lowest BCUT2D eigenvalue weighted by Crippen LogP contribution is -2.04. The molecule has 2 aromatic rings. The van der Waals surface area contributed by atoms with Gasteiger partial charge in [-0.05, 0) is 31.0 Å². The van der Waals surface area contributed by atoms with E-state index in [9.17, 15) is 0 Å². The van der Waals surface area contributed by atoms with Crippen molar-refractivity contribution in [1.82, 2.24) is 9.97 Å². The van der Waals surface area contributed by atoms with Gasteiger partial charge in [0.15, 0.2) is 5.82 Å². The Balaban J connectivity index is 2.11. The van der Waals surface area contributed by atoms with Gasteiger partial charge in [-0.3, -0.25) is 4.98 Å². The van der Waals surface area contributed by atoms with Gasteiger partial charge in [-0.25, -0.2) is 4.98 Å². The maximum atomic E-state index is 6.09. The molecule has 0 amide bonds. The molecule has 100 valence electrons. The summed E-state index contributed by atoms with van der Waals surface area (Å²) in [6, 6.07) is 5.82. The predicted molar refractivity (Wildman–Crippen MR) is 80.3 cm³/mol. The standard InChI is InChI=1S/C14H17ClN4/c1-3-6-17-13-8-16-9-14(19-13)18-11-5-4-10(2)12(15)7-11/h4-5,7-9H,3,6H2,1-2H3,(H2,17,18,19). The Morgan fingerprint density at radius 1 is 1.21 bits per heavy atom. The summed E-state index contributed by atoms with van der Waals surface area (Å²) < 4.78 is 0. The van der Waals surface area contributed by atoms with E-state index in [-0.39, 0.29) is 0 Å². The van der Waals surface area contributed by atoms with Gasteiger partial charge in [-0.2, -0.15) is 0 Å². The topological polar surface area (TPSA) is 49.8 Å². The number of aryl methyl sites for hydroxylation is 1. The zero-order chi connectivity index (χ0) is 13.7. The fourth-order valence-electron chi connectivity index (χ4n) is 1.58. The summed E-state index contributed by atoms with van der Waals surface area (Å²) in [7, 11) is 0. The van der Waals surface area contributed by atoms with Gasteiger partial charge in [0, 0.05) is 17.3 Å². The fraction of sp³-hybridized carbons (Fsp3) is 0.286. The maximum Gasteiger partial charge on any atom is 0.151 e. The molecule has 0 fully saturated rings. The summed E-state index contributed by atoms with van der Waals surface area (Å²) in [5.41, 5.74) is 1.95. The molecular weight excluding hydrogens is 260 g/mol. The molecule has 5 heteroatoms. The minimum atomic E-state index is 0.695. The van der Waals surface area contributed by atoms with Crippen LogP contribution in [-0.2, 0) is 0 Å². The van der Waals surface area contributed by atoms with Gasteiger partial charge in [-0.1, -0.05) is 24.6 Å². The van der Waals surface area contributed by atoms with E-state index in [1.807, 2.05) is 25.1 Å². The molecule has 2 rings (SSSR count). The van der Waals surface area contributed by atoms with Crippen LogP contribution >= 0.6 is 11.6 Å². The van der Waals surface area contributed by atoms with Gasteiger partial charge in [-0.15, -0.1) is 0 Å². The van der Waals surface area contributed by atoms with Crippen LogP contribution in [0.4, 0.5) is 17.3 Å². The van der Waals surface area contributed by atoms with Crippen molar-refractivity contribution in [3.05, 3.63) is 41.2 Å². The van der Waals surface area contributed by atoms with Crippen molar-refractivity contribution in [2.24, 2.45) is 0 Å². The van der Waals surface area contributed by atoms with Crippen LogP contribution in [0.3, 0.4) is 0 Å². The Morgan fingerprint density at radius 2 is 2.00 bits per heavy atom. The van der Waals surface area contributed by atoms with E-state index in [4.69, 9.17) is 11.6 Å². The van der Waals surface area contributed by atoms with E-state index in [1.54, 1.807) is 12.4 Å². The third-order valence-electron chi connectivity index (χ3n) is 2.63. The molecule has 0 aliphatic carbocycles. The zero-order valence-electron chi connectivity index (χ0n) is 11.1. The molecule has 0 spiro atoms. The summed E-state index contributed by atoms with van der Waals surface area (Å²) >= 11 is 6.09. The fourth-order valence-corrected chi connectivity index (χ4v) is 1.76. The van der Waals surface area contributed by atoms with E-state index in [1.165, 1.54) is 0 Å². The summed E-state index contributed by atoms with van der Waals surface area (Å²) in [5, 5.41) is 7.13. The van der Waals surface area contributed by atoms with Crippen LogP contribution in [0, 0.1) is 6.92 Å². The Labute approximate surface area is 118 Å². The SMILES string of the molecule is CCCNc1cncc(Nc2ccc(C)c(Cl)c2)n1. The molecule has 1 heterocycles. The van der Waals surface area contributed by atoms with Crippen molar-refractivity contribution in [3.8, 4) is 0 Å². The number of aromatic nitrogens is 2. The molecule has 1 aromatic heterocycles. The number of hydrogen-bond acceptors (Lipinski definition) is 4.